The molecule has 0 amide bonds. The van der Waals surface area contributed by atoms with Gasteiger partial charge in [-0.15, -0.1) is 0 Å². The third-order valence-electron chi connectivity index (χ3n) is 2.90. The lowest BCUT2D eigenvalue weighted by molar-refractivity contribution is -0.126. The lowest BCUT2D eigenvalue weighted by atomic mass is 9.89. The van der Waals surface area contributed by atoms with Gasteiger partial charge in [0, 0.05) is 18.4 Å². The topological polar surface area (TPSA) is 33.5 Å². The molecule has 0 saturated heterocycles. The summed E-state index contributed by atoms with van der Waals surface area (Å²) in [6.45, 7) is 10.5. The fraction of sp³-hybridized carbons (Fsp3) is 0.643. The lowest BCUT2D eigenvalue weighted by Gasteiger charge is -2.22. The average molecular weight is 237 g/mol. The second-order valence-electron chi connectivity index (χ2n) is 5.37. The molecule has 3 nitrogen and oxygen atoms in total. The van der Waals surface area contributed by atoms with Crippen molar-refractivity contribution in [3.05, 3.63) is 24.2 Å². The molecule has 0 N–H and O–H groups in total. The van der Waals surface area contributed by atoms with Crippen molar-refractivity contribution in [3.8, 4) is 0 Å². The summed E-state index contributed by atoms with van der Waals surface area (Å²) in [6, 6.07) is 3.86. The molecule has 0 radical (unpaired) electrons. The van der Waals surface area contributed by atoms with Gasteiger partial charge in [-0.3, -0.25) is 9.69 Å². The van der Waals surface area contributed by atoms with Gasteiger partial charge in [0.2, 0.25) is 0 Å². The van der Waals surface area contributed by atoms with Gasteiger partial charge in [-0.05, 0) is 18.7 Å². The predicted octanol–water partition coefficient (Wildman–Crippen LogP) is 3.11. The Hall–Kier alpha value is -1.09. The first-order chi connectivity index (χ1) is 7.93. The van der Waals surface area contributed by atoms with Crippen LogP contribution in [0.25, 0.3) is 0 Å². The quantitative estimate of drug-likeness (QED) is 0.762. The van der Waals surface area contributed by atoms with Gasteiger partial charge in [0.15, 0.2) is 0 Å². The minimum absolute atomic E-state index is 0.232. The lowest BCUT2D eigenvalue weighted by Crippen LogP contribution is -2.29. The first-order valence-electron chi connectivity index (χ1n) is 6.21. The van der Waals surface area contributed by atoms with Gasteiger partial charge in [-0.2, -0.15) is 0 Å². The zero-order valence-corrected chi connectivity index (χ0v) is 11.3. The van der Waals surface area contributed by atoms with Crippen molar-refractivity contribution in [1.82, 2.24) is 4.90 Å². The van der Waals surface area contributed by atoms with E-state index in [1.165, 1.54) is 0 Å². The highest BCUT2D eigenvalue weighted by Gasteiger charge is 2.21. The molecule has 1 rings (SSSR count). The molecule has 0 aliphatic heterocycles. The molecule has 0 aromatic carbocycles. The Morgan fingerprint density at radius 3 is 2.59 bits per heavy atom. The van der Waals surface area contributed by atoms with Crippen LogP contribution < -0.4 is 0 Å². The van der Waals surface area contributed by atoms with Crippen LogP contribution in [0.15, 0.2) is 22.8 Å². The third kappa shape index (κ3) is 4.73. The zero-order valence-electron chi connectivity index (χ0n) is 11.3. The summed E-state index contributed by atoms with van der Waals surface area (Å²) < 4.78 is 5.31. The predicted molar refractivity (Wildman–Crippen MR) is 68.7 cm³/mol. The fourth-order valence-corrected chi connectivity index (χ4v) is 1.61. The highest BCUT2D eigenvalue weighted by Crippen LogP contribution is 2.17. The van der Waals surface area contributed by atoms with E-state index in [2.05, 4.69) is 11.8 Å². The van der Waals surface area contributed by atoms with E-state index in [4.69, 9.17) is 4.42 Å². The van der Waals surface area contributed by atoms with Gasteiger partial charge in [0.25, 0.3) is 0 Å². The molecule has 1 aromatic heterocycles. The van der Waals surface area contributed by atoms with E-state index in [0.29, 0.717) is 12.2 Å². The third-order valence-corrected chi connectivity index (χ3v) is 2.90. The Morgan fingerprint density at radius 2 is 2.12 bits per heavy atom. The van der Waals surface area contributed by atoms with Crippen molar-refractivity contribution in [1.29, 1.82) is 0 Å². The molecule has 17 heavy (non-hydrogen) atoms. The van der Waals surface area contributed by atoms with Crippen molar-refractivity contribution >= 4 is 5.78 Å². The van der Waals surface area contributed by atoms with Crippen molar-refractivity contribution in [2.75, 3.05) is 13.1 Å². The minimum atomic E-state index is -0.232. The van der Waals surface area contributed by atoms with Crippen LogP contribution in [0.3, 0.4) is 0 Å². The molecule has 1 heterocycles. The maximum Gasteiger partial charge on any atom is 0.139 e. The first kappa shape index (κ1) is 14.0. The Morgan fingerprint density at radius 1 is 1.41 bits per heavy atom. The van der Waals surface area contributed by atoms with Crippen molar-refractivity contribution < 1.29 is 9.21 Å². The second-order valence-corrected chi connectivity index (χ2v) is 5.37. The molecular weight excluding hydrogens is 214 g/mol. The number of carbonyl (C=O) groups is 1. The van der Waals surface area contributed by atoms with Crippen LogP contribution in [0.2, 0.25) is 0 Å². The maximum absolute atomic E-state index is 11.8. The maximum atomic E-state index is 11.8. The van der Waals surface area contributed by atoms with Crippen LogP contribution in [0, 0.1) is 5.41 Å². The molecule has 0 atom stereocenters. The van der Waals surface area contributed by atoms with E-state index >= 15 is 0 Å². The molecule has 0 spiro atoms. The summed E-state index contributed by atoms with van der Waals surface area (Å²) in [4.78, 5) is 14.1. The normalized spacial score (nSPS) is 12.1. The van der Waals surface area contributed by atoms with Gasteiger partial charge in [-0.25, -0.2) is 0 Å². The number of carbonyl (C=O) groups excluding carboxylic acids is 1. The summed E-state index contributed by atoms with van der Waals surface area (Å²) in [5.74, 6) is 1.27. The number of hydrogen-bond donors (Lipinski definition) is 0. The smallest absolute Gasteiger partial charge is 0.139 e. The summed E-state index contributed by atoms with van der Waals surface area (Å²) >= 11 is 0. The largest absolute Gasteiger partial charge is 0.468 e. The Labute approximate surface area is 104 Å². The summed E-state index contributed by atoms with van der Waals surface area (Å²) in [6.07, 6.45) is 2.29. The number of furan rings is 1. The standard InChI is InChI=1S/C14H23NO2/c1-5-15(11-12-7-6-10-17-12)9-8-13(16)14(2,3)4/h6-7,10H,5,8-9,11H2,1-4H3. The molecule has 0 unspecified atom stereocenters. The van der Waals surface area contributed by atoms with Gasteiger partial charge in [-0.1, -0.05) is 27.7 Å². The molecule has 0 aliphatic carbocycles. The van der Waals surface area contributed by atoms with Crippen LogP contribution in [0.5, 0.6) is 0 Å². The molecular formula is C14H23NO2. The fourth-order valence-electron chi connectivity index (χ4n) is 1.61. The molecule has 0 bridgehead atoms. The van der Waals surface area contributed by atoms with Crippen LogP contribution in [-0.4, -0.2) is 23.8 Å². The zero-order chi connectivity index (χ0) is 12.9. The summed E-state index contributed by atoms with van der Waals surface area (Å²) in [5, 5.41) is 0. The minimum Gasteiger partial charge on any atom is -0.468 e. The molecule has 1 aromatic rings. The van der Waals surface area contributed by atoms with Crippen LogP contribution in [0.4, 0.5) is 0 Å². The van der Waals surface area contributed by atoms with Crippen molar-refractivity contribution in [2.45, 2.75) is 40.7 Å². The molecule has 0 saturated carbocycles. The highest BCUT2D eigenvalue weighted by atomic mass is 16.3. The Balaban J connectivity index is 2.40. The molecule has 0 aliphatic rings. The molecule has 96 valence electrons. The molecule has 0 fully saturated rings. The molecule has 3 heteroatoms. The summed E-state index contributed by atoms with van der Waals surface area (Å²) in [7, 11) is 0. The van der Waals surface area contributed by atoms with E-state index < -0.39 is 0 Å². The number of rotatable bonds is 6. The van der Waals surface area contributed by atoms with E-state index in [9.17, 15) is 4.79 Å². The van der Waals surface area contributed by atoms with Crippen LogP contribution in [-0.2, 0) is 11.3 Å². The number of Topliss-reactive ketones (excluding diaryl/α,β-unsaturated/α-hetero) is 1. The van der Waals surface area contributed by atoms with Gasteiger partial charge in [0.1, 0.15) is 11.5 Å². The van der Waals surface area contributed by atoms with E-state index in [-0.39, 0.29) is 5.41 Å². The SMILES string of the molecule is CCN(CCC(=O)C(C)(C)C)Cc1ccco1. The number of nitrogens with zero attached hydrogens (tertiary/aromatic N) is 1. The van der Waals surface area contributed by atoms with Crippen molar-refractivity contribution in [3.63, 3.8) is 0 Å². The van der Waals surface area contributed by atoms with Gasteiger partial charge in [0.05, 0.1) is 12.8 Å². The second kappa shape index (κ2) is 6.01. The average Bonchev–Trinajstić information content (AvgIpc) is 2.74. The Kier molecular flexibility index (Phi) is 4.94. The van der Waals surface area contributed by atoms with Crippen LogP contribution in [0.1, 0.15) is 39.9 Å². The van der Waals surface area contributed by atoms with Gasteiger partial charge < -0.3 is 4.42 Å². The number of hydrogen-bond acceptors (Lipinski definition) is 3. The first-order valence-corrected chi connectivity index (χ1v) is 6.21. The summed E-state index contributed by atoms with van der Waals surface area (Å²) in [5.41, 5.74) is -0.232. The van der Waals surface area contributed by atoms with Crippen molar-refractivity contribution in [2.24, 2.45) is 5.41 Å². The van der Waals surface area contributed by atoms with Crippen LogP contribution >= 0.6 is 0 Å². The van der Waals surface area contributed by atoms with Gasteiger partial charge >= 0.3 is 0 Å². The van der Waals surface area contributed by atoms with E-state index in [0.717, 1.165) is 25.4 Å². The number of ketones is 1. The van der Waals surface area contributed by atoms with E-state index in [1.54, 1.807) is 6.26 Å². The highest BCUT2D eigenvalue weighted by molar-refractivity contribution is 5.83. The van der Waals surface area contributed by atoms with E-state index in [1.807, 2.05) is 32.9 Å². The Bertz CT molecular complexity index is 336. The monoisotopic (exact) mass is 237 g/mol.